The average molecular weight is 295 g/mol. The van der Waals surface area contributed by atoms with Gasteiger partial charge in [-0.15, -0.1) is 12.4 Å². The number of nitrogens with one attached hydrogen (secondary N) is 1. The van der Waals surface area contributed by atoms with Gasteiger partial charge >= 0.3 is 5.69 Å². The van der Waals surface area contributed by atoms with Gasteiger partial charge in [-0.2, -0.15) is 0 Å². The van der Waals surface area contributed by atoms with E-state index in [1.807, 2.05) is 0 Å². The maximum atomic E-state index is 10.9. The standard InChI is InChI=1S/C12H10N4O3.ClH/c13-11(14)8-4-3-7-15-12(8)19-10-6-2-1-5-9(10)16(17)18;/h1-7H,(H3,13,14);1H. The van der Waals surface area contributed by atoms with Gasteiger partial charge in [0.1, 0.15) is 5.84 Å². The van der Waals surface area contributed by atoms with Crippen LogP contribution in [0, 0.1) is 15.5 Å². The summed E-state index contributed by atoms with van der Waals surface area (Å²) in [4.78, 5) is 14.2. The number of nitrogens with two attached hydrogens (primary N) is 1. The molecule has 8 heteroatoms. The number of nitro benzene ring substituents is 1. The van der Waals surface area contributed by atoms with Crippen LogP contribution in [-0.2, 0) is 0 Å². The molecule has 1 aromatic carbocycles. The number of nitrogen functional groups attached to an aromatic ring is 1. The summed E-state index contributed by atoms with van der Waals surface area (Å²) in [5.74, 6) is -0.111. The molecule has 1 heterocycles. The Labute approximate surface area is 120 Å². The number of nitro groups is 1. The van der Waals surface area contributed by atoms with E-state index >= 15 is 0 Å². The monoisotopic (exact) mass is 294 g/mol. The molecule has 0 amide bonds. The van der Waals surface area contributed by atoms with Crippen molar-refractivity contribution in [2.75, 3.05) is 0 Å². The zero-order valence-electron chi connectivity index (χ0n) is 10.1. The summed E-state index contributed by atoms with van der Waals surface area (Å²) >= 11 is 0. The average Bonchev–Trinajstić information content (AvgIpc) is 2.39. The molecule has 0 saturated carbocycles. The van der Waals surface area contributed by atoms with Crippen LogP contribution in [-0.4, -0.2) is 15.7 Å². The molecule has 3 N–H and O–H groups in total. The number of ether oxygens (including phenoxy) is 1. The highest BCUT2D eigenvalue weighted by Gasteiger charge is 2.17. The lowest BCUT2D eigenvalue weighted by Gasteiger charge is -2.08. The van der Waals surface area contributed by atoms with Gasteiger partial charge in [-0.25, -0.2) is 4.98 Å². The predicted octanol–water partition coefficient (Wildman–Crippen LogP) is 2.49. The van der Waals surface area contributed by atoms with Crippen molar-refractivity contribution in [2.24, 2.45) is 5.73 Å². The fourth-order valence-corrected chi connectivity index (χ4v) is 1.48. The third-order valence-corrected chi connectivity index (χ3v) is 2.33. The minimum atomic E-state index is -0.550. The van der Waals surface area contributed by atoms with Crippen LogP contribution in [0.5, 0.6) is 11.6 Å². The number of hydrogen-bond donors (Lipinski definition) is 2. The minimum absolute atomic E-state index is 0. The molecule has 7 nitrogen and oxygen atoms in total. The van der Waals surface area contributed by atoms with Crippen molar-refractivity contribution in [2.45, 2.75) is 0 Å². The van der Waals surface area contributed by atoms with Crippen molar-refractivity contribution in [3.05, 3.63) is 58.3 Å². The minimum Gasteiger partial charge on any atom is -0.431 e. The Balaban J connectivity index is 0.00000200. The van der Waals surface area contributed by atoms with Crippen LogP contribution in [0.15, 0.2) is 42.6 Å². The smallest absolute Gasteiger partial charge is 0.311 e. The third kappa shape index (κ3) is 3.21. The molecule has 2 rings (SSSR count). The predicted molar refractivity (Wildman–Crippen MR) is 75.7 cm³/mol. The molecule has 0 aliphatic heterocycles. The number of aromatic nitrogens is 1. The molecule has 104 valence electrons. The molecule has 0 saturated heterocycles. The van der Waals surface area contributed by atoms with E-state index < -0.39 is 4.92 Å². The second kappa shape index (κ2) is 6.48. The first-order valence-corrected chi connectivity index (χ1v) is 5.30. The van der Waals surface area contributed by atoms with Gasteiger partial charge in [0.25, 0.3) is 0 Å². The summed E-state index contributed by atoms with van der Waals surface area (Å²) in [7, 11) is 0. The van der Waals surface area contributed by atoms with Gasteiger partial charge in [-0.3, -0.25) is 15.5 Å². The summed E-state index contributed by atoms with van der Waals surface area (Å²) in [6.45, 7) is 0. The van der Waals surface area contributed by atoms with E-state index in [0.717, 1.165) is 0 Å². The first kappa shape index (κ1) is 15.4. The Kier molecular flexibility index (Phi) is 4.99. The van der Waals surface area contributed by atoms with Gasteiger partial charge in [0, 0.05) is 12.3 Å². The lowest BCUT2D eigenvalue weighted by atomic mass is 10.2. The Morgan fingerprint density at radius 3 is 2.65 bits per heavy atom. The topological polar surface area (TPSA) is 115 Å². The number of halogens is 1. The van der Waals surface area contributed by atoms with Crippen LogP contribution >= 0.6 is 12.4 Å². The molecular formula is C12H11ClN4O3. The van der Waals surface area contributed by atoms with Crippen LogP contribution in [0.4, 0.5) is 5.69 Å². The molecule has 0 unspecified atom stereocenters. The van der Waals surface area contributed by atoms with Gasteiger partial charge in [0.2, 0.25) is 11.6 Å². The fourth-order valence-electron chi connectivity index (χ4n) is 1.48. The molecule has 0 aliphatic rings. The normalized spacial score (nSPS) is 9.40. The maximum absolute atomic E-state index is 10.9. The van der Waals surface area contributed by atoms with Gasteiger partial charge in [0.05, 0.1) is 10.5 Å². The number of benzene rings is 1. The fraction of sp³-hybridized carbons (Fsp3) is 0. The molecule has 1 aromatic heterocycles. The molecule has 2 aromatic rings. The SMILES string of the molecule is Cl.N=C(N)c1cccnc1Oc1ccccc1[N+](=O)[O-]. The van der Waals surface area contributed by atoms with Gasteiger partial charge < -0.3 is 10.5 Å². The summed E-state index contributed by atoms with van der Waals surface area (Å²) in [6.07, 6.45) is 1.45. The second-order valence-corrected chi connectivity index (χ2v) is 3.60. The molecule has 0 spiro atoms. The largest absolute Gasteiger partial charge is 0.431 e. The van der Waals surface area contributed by atoms with E-state index in [2.05, 4.69) is 4.98 Å². The van der Waals surface area contributed by atoms with Crippen LogP contribution in [0.3, 0.4) is 0 Å². The van der Waals surface area contributed by atoms with Crippen molar-refractivity contribution in [1.82, 2.24) is 4.98 Å². The zero-order chi connectivity index (χ0) is 13.8. The molecule has 0 radical (unpaired) electrons. The highest BCUT2D eigenvalue weighted by atomic mass is 35.5. The highest BCUT2D eigenvalue weighted by molar-refractivity contribution is 5.97. The first-order valence-electron chi connectivity index (χ1n) is 5.30. The second-order valence-electron chi connectivity index (χ2n) is 3.60. The molecular weight excluding hydrogens is 284 g/mol. The Morgan fingerprint density at radius 2 is 2.00 bits per heavy atom. The van der Waals surface area contributed by atoms with Crippen LogP contribution in [0.25, 0.3) is 0 Å². The lowest BCUT2D eigenvalue weighted by Crippen LogP contribution is -2.13. The number of amidine groups is 1. The molecule has 0 aliphatic carbocycles. The summed E-state index contributed by atoms with van der Waals surface area (Å²) in [6, 6.07) is 9.08. The van der Waals surface area contributed by atoms with E-state index in [4.69, 9.17) is 15.9 Å². The summed E-state index contributed by atoms with van der Waals surface area (Å²) in [5, 5.41) is 18.3. The van der Waals surface area contributed by atoms with Crippen molar-refractivity contribution in [3.8, 4) is 11.6 Å². The maximum Gasteiger partial charge on any atom is 0.311 e. The van der Waals surface area contributed by atoms with Crippen molar-refractivity contribution in [3.63, 3.8) is 0 Å². The molecule has 0 bridgehead atoms. The molecule has 20 heavy (non-hydrogen) atoms. The van der Waals surface area contributed by atoms with Gasteiger partial charge in [-0.05, 0) is 18.2 Å². The lowest BCUT2D eigenvalue weighted by molar-refractivity contribution is -0.385. The van der Waals surface area contributed by atoms with Gasteiger partial charge in [-0.1, -0.05) is 12.1 Å². The number of pyridine rings is 1. The zero-order valence-corrected chi connectivity index (χ0v) is 11.0. The summed E-state index contributed by atoms with van der Waals surface area (Å²) < 4.78 is 5.39. The van der Waals surface area contributed by atoms with E-state index in [-0.39, 0.29) is 41.1 Å². The number of nitrogens with zero attached hydrogens (tertiary/aromatic N) is 2. The van der Waals surface area contributed by atoms with Crippen LogP contribution in [0.1, 0.15) is 5.56 Å². The van der Waals surface area contributed by atoms with E-state index in [1.165, 1.54) is 24.4 Å². The first-order chi connectivity index (χ1) is 9.09. The van der Waals surface area contributed by atoms with Crippen LogP contribution < -0.4 is 10.5 Å². The van der Waals surface area contributed by atoms with Crippen molar-refractivity contribution < 1.29 is 9.66 Å². The Bertz CT molecular complexity index is 593. The quantitative estimate of drug-likeness (QED) is 0.389. The number of rotatable bonds is 4. The molecule has 0 atom stereocenters. The van der Waals surface area contributed by atoms with Crippen LogP contribution in [0.2, 0.25) is 0 Å². The van der Waals surface area contributed by atoms with E-state index in [1.54, 1.807) is 18.2 Å². The Hall–Kier alpha value is -2.67. The van der Waals surface area contributed by atoms with E-state index in [9.17, 15) is 10.1 Å². The molecule has 0 fully saturated rings. The number of hydrogen-bond acceptors (Lipinski definition) is 5. The van der Waals surface area contributed by atoms with Crippen molar-refractivity contribution in [1.29, 1.82) is 5.41 Å². The summed E-state index contributed by atoms with van der Waals surface area (Å²) in [5.41, 5.74) is 5.50. The van der Waals surface area contributed by atoms with E-state index in [0.29, 0.717) is 0 Å². The highest BCUT2D eigenvalue weighted by Crippen LogP contribution is 2.31. The number of para-hydroxylation sites is 2. The van der Waals surface area contributed by atoms with Gasteiger partial charge in [0.15, 0.2) is 0 Å². The third-order valence-electron chi connectivity index (χ3n) is 2.33. The van der Waals surface area contributed by atoms with Crippen molar-refractivity contribution >= 4 is 23.9 Å². The Morgan fingerprint density at radius 1 is 1.30 bits per heavy atom.